The molecule has 136 valence electrons. The molecule has 2 aliphatic heterocycles. The summed E-state index contributed by atoms with van der Waals surface area (Å²) < 4.78 is 0. The largest absolute Gasteiger partial charge is 0.368 e. The molecular formula is C16H27ClN4O3. The van der Waals surface area contributed by atoms with Crippen molar-refractivity contribution in [2.45, 2.75) is 57.0 Å². The predicted molar refractivity (Wildman–Crippen MR) is 91.4 cm³/mol. The van der Waals surface area contributed by atoms with E-state index in [0.29, 0.717) is 13.0 Å². The normalized spacial score (nSPS) is 29.1. The van der Waals surface area contributed by atoms with Crippen LogP contribution in [-0.4, -0.2) is 42.9 Å². The Kier molecular flexibility index (Phi) is 6.09. The molecule has 3 atom stereocenters. The van der Waals surface area contributed by atoms with Gasteiger partial charge in [0.15, 0.2) is 0 Å². The molecular weight excluding hydrogens is 332 g/mol. The standard InChI is InChI=1S/C16H26N4O3.ClH/c17-13(21)11(7-10-3-6-18-14(10)22)20-15(23)12-8-16(9-19-12)4-1-2-5-16;/h10-12,19H,1-9H2,(H2,17,21)(H,18,22)(H,20,23);1H/t10-,11-,12-;/m0./s1. The lowest BCUT2D eigenvalue weighted by Gasteiger charge is -2.22. The van der Waals surface area contributed by atoms with Gasteiger partial charge in [0.25, 0.3) is 0 Å². The van der Waals surface area contributed by atoms with Crippen molar-refractivity contribution in [2.24, 2.45) is 17.1 Å². The number of hydrogen-bond donors (Lipinski definition) is 4. The van der Waals surface area contributed by atoms with E-state index in [9.17, 15) is 14.4 Å². The maximum Gasteiger partial charge on any atom is 0.240 e. The van der Waals surface area contributed by atoms with Gasteiger partial charge in [-0.2, -0.15) is 0 Å². The average Bonchev–Trinajstić information content (AvgIpc) is 3.23. The van der Waals surface area contributed by atoms with Crippen LogP contribution in [0.1, 0.15) is 44.9 Å². The van der Waals surface area contributed by atoms with Crippen LogP contribution in [0, 0.1) is 11.3 Å². The fraction of sp³-hybridized carbons (Fsp3) is 0.812. The maximum atomic E-state index is 12.5. The van der Waals surface area contributed by atoms with E-state index in [1.165, 1.54) is 25.7 Å². The number of carbonyl (C=O) groups is 3. The third-order valence-electron chi connectivity index (χ3n) is 5.68. The van der Waals surface area contributed by atoms with Crippen molar-refractivity contribution in [3.05, 3.63) is 0 Å². The van der Waals surface area contributed by atoms with Crippen LogP contribution in [0.2, 0.25) is 0 Å². The first-order valence-electron chi connectivity index (χ1n) is 8.60. The molecule has 3 amide bonds. The van der Waals surface area contributed by atoms with Crippen LogP contribution in [0.25, 0.3) is 0 Å². The van der Waals surface area contributed by atoms with E-state index in [1.807, 2.05) is 0 Å². The van der Waals surface area contributed by atoms with Crippen LogP contribution >= 0.6 is 12.4 Å². The van der Waals surface area contributed by atoms with Gasteiger partial charge in [-0.05, 0) is 37.5 Å². The maximum absolute atomic E-state index is 12.5. The zero-order chi connectivity index (χ0) is 16.4. The molecule has 2 saturated heterocycles. The van der Waals surface area contributed by atoms with Crippen molar-refractivity contribution in [3.63, 3.8) is 0 Å². The second kappa shape index (κ2) is 7.70. The van der Waals surface area contributed by atoms with Gasteiger partial charge in [-0.15, -0.1) is 12.4 Å². The Balaban J connectivity index is 0.00000208. The number of nitrogens with one attached hydrogen (secondary N) is 3. The van der Waals surface area contributed by atoms with E-state index in [-0.39, 0.29) is 48.0 Å². The zero-order valence-electron chi connectivity index (χ0n) is 13.8. The van der Waals surface area contributed by atoms with Gasteiger partial charge in [-0.3, -0.25) is 14.4 Å². The number of rotatable bonds is 5. The molecule has 7 nitrogen and oxygen atoms in total. The van der Waals surface area contributed by atoms with Crippen molar-refractivity contribution in [3.8, 4) is 0 Å². The molecule has 1 saturated carbocycles. The van der Waals surface area contributed by atoms with Crippen molar-refractivity contribution in [1.29, 1.82) is 0 Å². The predicted octanol–water partition coefficient (Wildman–Crippen LogP) is -0.173. The summed E-state index contributed by atoms with van der Waals surface area (Å²) in [6.45, 7) is 1.49. The van der Waals surface area contributed by atoms with E-state index >= 15 is 0 Å². The Morgan fingerprint density at radius 1 is 1.33 bits per heavy atom. The molecule has 2 heterocycles. The Morgan fingerprint density at radius 3 is 2.62 bits per heavy atom. The lowest BCUT2D eigenvalue weighted by molar-refractivity contribution is -0.130. The van der Waals surface area contributed by atoms with E-state index in [2.05, 4.69) is 16.0 Å². The number of carbonyl (C=O) groups excluding carboxylic acids is 3. The van der Waals surface area contributed by atoms with Crippen LogP contribution in [0.15, 0.2) is 0 Å². The van der Waals surface area contributed by atoms with Gasteiger partial charge in [0.2, 0.25) is 17.7 Å². The number of primary amides is 1. The second-order valence-electron chi connectivity index (χ2n) is 7.32. The number of hydrogen-bond acceptors (Lipinski definition) is 4. The third-order valence-corrected chi connectivity index (χ3v) is 5.68. The van der Waals surface area contributed by atoms with Crippen LogP contribution in [-0.2, 0) is 14.4 Å². The molecule has 1 spiro atoms. The number of halogens is 1. The number of nitrogens with two attached hydrogens (primary N) is 1. The summed E-state index contributed by atoms with van der Waals surface area (Å²) in [5.74, 6) is -1.05. The molecule has 0 aromatic rings. The van der Waals surface area contributed by atoms with Crippen molar-refractivity contribution >= 4 is 30.1 Å². The first-order chi connectivity index (χ1) is 11.0. The van der Waals surface area contributed by atoms with Crippen LogP contribution in [0.3, 0.4) is 0 Å². The summed E-state index contributed by atoms with van der Waals surface area (Å²) in [7, 11) is 0. The van der Waals surface area contributed by atoms with Gasteiger partial charge in [0.05, 0.1) is 6.04 Å². The van der Waals surface area contributed by atoms with E-state index in [0.717, 1.165) is 13.0 Å². The summed E-state index contributed by atoms with van der Waals surface area (Å²) in [6, 6.07) is -1.04. The molecule has 0 unspecified atom stereocenters. The highest BCUT2D eigenvalue weighted by atomic mass is 35.5. The molecule has 3 aliphatic rings. The fourth-order valence-electron chi connectivity index (χ4n) is 4.28. The lowest BCUT2D eigenvalue weighted by Crippen LogP contribution is -2.51. The highest BCUT2D eigenvalue weighted by Crippen LogP contribution is 2.44. The average molecular weight is 359 g/mol. The molecule has 0 aromatic heterocycles. The molecule has 8 heteroatoms. The van der Waals surface area contributed by atoms with Gasteiger partial charge < -0.3 is 21.7 Å². The first-order valence-corrected chi connectivity index (χ1v) is 8.60. The minimum Gasteiger partial charge on any atom is -0.368 e. The summed E-state index contributed by atoms with van der Waals surface area (Å²) in [5, 5.41) is 8.79. The summed E-state index contributed by atoms with van der Waals surface area (Å²) in [5.41, 5.74) is 5.68. The number of amides is 3. The molecule has 3 fully saturated rings. The van der Waals surface area contributed by atoms with Gasteiger partial charge in [0.1, 0.15) is 6.04 Å². The Bertz CT molecular complexity index is 508. The summed E-state index contributed by atoms with van der Waals surface area (Å²) >= 11 is 0. The van der Waals surface area contributed by atoms with E-state index in [1.54, 1.807) is 0 Å². The van der Waals surface area contributed by atoms with Gasteiger partial charge in [-0.1, -0.05) is 12.8 Å². The second-order valence-corrected chi connectivity index (χ2v) is 7.32. The summed E-state index contributed by atoms with van der Waals surface area (Å²) in [6.07, 6.45) is 6.60. The molecule has 5 N–H and O–H groups in total. The van der Waals surface area contributed by atoms with Crippen molar-refractivity contribution in [2.75, 3.05) is 13.1 Å². The van der Waals surface area contributed by atoms with Crippen molar-refractivity contribution < 1.29 is 14.4 Å². The minimum atomic E-state index is -0.779. The molecule has 0 bridgehead atoms. The first kappa shape index (κ1) is 19.0. The highest BCUT2D eigenvalue weighted by Gasteiger charge is 2.43. The molecule has 0 radical (unpaired) electrons. The molecule has 24 heavy (non-hydrogen) atoms. The minimum absolute atomic E-state index is 0. The van der Waals surface area contributed by atoms with Gasteiger partial charge in [-0.25, -0.2) is 0 Å². The highest BCUT2D eigenvalue weighted by molar-refractivity contribution is 5.90. The zero-order valence-corrected chi connectivity index (χ0v) is 14.6. The Labute approximate surface area is 148 Å². The van der Waals surface area contributed by atoms with E-state index in [4.69, 9.17) is 5.73 Å². The Hall–Kier alpha value is -1.34. The quantitative estimate of drug-likeness (QED) is 0.546. The van der Waals surface area contributed by atoms with E-state index < -0.39 is 11.9 Å². The van der Waals surface area contributed by atoms with Gasteiger partial charge >= 0.3 is 0 Å². The fourth-order valence-corrected chi connectivity index (χ4v) is 4.28. The Morgan fingerprint density at radius 2 is 2.04 bits per heavy atom. The van der Waals surface area contributed by atoms with Gasteiger partial charge in [0, 0.05) is 19.0 Å². The SMILES string of the molecule is Cl.NC(=O)[C@H](C[C@@H]1CCNC1=O)NC(=O)[C@@H]1CC2(CCCC2)CN1. The smallest absolute Gasteiger partial charge is 0.240 e. The monoisotopic (exact) mass is 358 g/mol. The molecule has 1 aliphatic carbocycles. The van der Waals surface area contributed by atoms with Crippen LogP contribution in [0.4, 0.5) is 0 Å². The third kappa shape index (κ3) is 4.00. The van der Waals surface area contributed by atoms with Crippen LogP contribution < -0.4 is 21.7 Å². The van der Waals surface area contributed by atoms with Crippen molar-refractivity contribution in [1.82, 2.24) is 16.0 Å². The lowest BCUT2D eigenvalue weighted by atomic mass is 9.84. The molecule has 3 rings (SSSR count). The molecule has 0 aromatic carbocycles. The summed E-state index contributed by atoms with van der Waals surface area (Å²) in [4.78, 5) is 35.8. The van der Waals surface area contributed by atoms with Crippen LogP contribution in [0.5, 0.6) is 0 Å². The topological polar surface area (TPSA) is 113 Å².